The van der Waals surface area contributed by atoms with Crippen molar-refractivity contribution in [1.82, 2.24) is 10.6 Å². The van der Waals surface area contributed by atoms with E-state index in [-0.39, 0.29) is 23.6 Å². The highest BCUT2D eigenvalue weighted by Crippen LogP contribution is 2.32. The van der Waals surface area contributed by atoms with Gasteiger partial charge in [0.05, 0.1) is 12.7 Å². The second kappa shape index (κ2) is 7.48. The molecule has 1 aliphatic heterocycles. The number of methoxy groups -OCH3 is 1. The Morgan fingerprint density at radius 2 is 2.04 bits per heavy atom. The van der Waals surface area contributed by atoms with Crippen LogP contribution < -0.4 is 20.1 Å². The molecule has 5 nitrogen and oxygen atoms in total. The molecule has 0 saturated heterocycles. The van der Waals surface area contributed by atoms with Gasteiger partial charge in [-0.3, -0.25) is 4.79 Å². The molecule has 1 aliphatic rings. The summed E-state index contributed by atoms with van der Waals surface area (Å²) in [6.07, 6.45) is 0. The molecule has 1 heterocycles. The Morgan fingerprint density at radius 1 is 1.24 bits per heavy atom. The van der Waals surface area contributed by atoms with E-state index in [0.717, 1.165) is 18.7 Å². The number of carbonyl (C=O) groups excluding carboxylic acids is 1. The van der Waals surface area contributed by atoms with Crippen LogP contribution in [0.1, 0.15) is 27.0 Å². The summed E-state index contributed by atoms with van der Waals surface area (Å²) in [7, 11) is 1.33. The normalized spacial score (nSPS) is 12.8. The Kier molecular flexibility index (Phi) is 5.14. The van der Waals surface area contributed by atoms with Crippen LogP contribution in [-0.4, -0.2) is 19.6 Å². The number of para-hydroxylation sites is 1. The van der Waals surface area contributed by atoms with Crippen molar-refractivity contribution in [2.45, 2.75) is 26.2 Å². The van der Waals surface area contributed by atoms with Crippen molar-refractivity contribution in [2.24, 2.45) is 0 Å². The monoisotopic (exact) mass is 348 g/mol. The van der Waals surface area contributed by atoms with Gasteiger partial charge in [0.15, 0.2) is 11.5 Å². The van der Waals surface area contributed by atoms with Crippen LogP contribution in [-0.2, 0) is 19.6 Å². The Hall–Kier alpha value is -2.67. The third-order valence-corrected chi connectivity index (χ3v) is 4.01. The average Bonchev–Trinajstić information content (AvgIpc) is 3.07. The number of benzene rings is 2. The molecule has 1 amide bonds. The zero-order chi connectivity index (χ0) is 17.8. The number of carbonyl (C=O) groups is 1. The van der Waals surface area contributed by atoms with Crippen molar-refractivity contribution in [3.63, 3.8) is 0 Å². The lowest BCUT2D eigenvalue weighted by Gasteiger charge is -2.14. The first-order chi connectivity index (χ1) is 12.1. The average molecular weight is 348 g/mol. The van der Waals surface area contributed by atoms with E-state index >= 15 is 0 Å². The van der Waals surface area contributed by atoms with Gasteiger partial charge in [0.2, 0.25) is 0 Å². The Morgan fingerprint density at radius 3 is 2.80 bits per heavy atom. The summed E-state index contributed by atoms with van der Waals surface area (Å²) in [4.78, 5) is 12.4. The van der Waals surface area contributed by atoms with Crippen LogP contribution in [0.15, 0.2) is 36.4 Å². The molecule has 0 radical (unpaired) electrons. The van der Waals surface area contributed by atoms with Crippen molar-refractivity contribution < 1.29 is 23.0 Å². The fraction of sp³-hybridized carbons (Fsp3) is 0.278. The third kappa shape index (κ3) is 3.88. The first-order valence-electron chi connectivity index (χ1n) is 7.80. The first kappa shape index (κ1) is 17.2. The van der Waals surface area contributed by atoms with Crippen molar-refractivity contribution in [1.29, 1.82) is 0 Å². The summed E-state index contributed by atoms with van der Waals surface area (Å²) in [6.45, 7) is -1.11. The van der Waals surface area contributed by atoms with Crippen LogP contribution >= 0.6 is 0 Å². The van der Waals surface area contributed by atoms with E-state index in [0.29, 0.717) is 0 Å². The zero-order valence-electron chi connectivity index (χ0n) is 13.6. The molecule has 0 unspecified atom stereocenters. The van der Waals surface area contributed by atoms with Gasteiger partial charge in [-0.15, -0.1) is 0 Å². The molecule has 0 aromatic heterocycles. The highest BCUT2D eigenvalue weighted by Gasteiger charge is 2.20. The largest absolute Gasteiger partial charge is 0.493 e. The second-order valence-corrected chi connectivity index (χ2v) is 5.60. The predicted octanol–water partition coefficient (Wildman–Crippen LogP) is 2.83. The number of alkyl halides is 2. The summed E-state index contributed by atoms with van der Waals surface area (Å²) in [5, 5.41) is 5.99. The van der Waals surface area contributed by atoms with Crippen LogP contribution in [0.4, 0.5) is 8.78 Å². The van der Waals surface area contributed by atoms with Gasteiger partial charge in [-0.05, 0) is 28.8 Å². The van der Waals surface area contributed by atoms with Crippen molar-refractivity contribution >= 4 is 5.91 Å². The number of ether oxygens (including phenoxy) is 2. The topological polar surface area (TPSA) is 59.6 Å². The van der Waals surface area contributed by atoms with Gasteiger partial charge in [-0.1, -0.05) is 24.3 Å². The number of rotatable bonds is 6. The summed E-state index contributed by atoms with van der Waals surface area (Å²) in [5.41, 5.74) is 3.39. The van der Waals surface area contributed by atoms with Gasteiger partial charge in [-0.2, -0.15) is 8.78 Å². The molecule has 0 saturated carbocycles. The van der Waals surface area contributed by atoms with Crippen molar-refractivity contribution in [3.05, 3.63) is 58.7 Å². The molecule has 0 fully saturated rings. The molecule has 25 heavy (non-hydrogen) atoms. The van der Waals surface area contributed by atoms with E-state index in [9.17, 15) is 13.6 Å². The van der Waals surface area contributed by atoms with Gasteiger partial charge >= 0.3 is 6.61 Å². The highest BCUT2D eigenvalue weighted by atomic mass is 19.3. The van der Waals surface area contributed by atoms with Gasteiger partial charge < -0.3 is 20.1 Å². The van der Waals surface area contributed by atoms with Gasteiger partial charge in [0.1, 0.15) is 0 Å². The maximum absolute atomic E-state index is 12.6. The number of hydrogen-bond donors (Lipinski definition) is 2. The van der Waals surface area contributed by atoms with Crippen LogP contribution in [0.2, 0.25) is 0 Å². The van der Waals surface area contributed by atoms with E-state index in [1.807, 2.05) is 18.2 Å². The molecule has 2 N–H and O–H groups in total. The van der Waals surface area contributed by atoms with E-state index in [2.05, 4.69) is 15.4 Å². The van der Waals surface area contributed by atoms with Gasteiger partial charge in [0, 0.05) is 19.6 Å². The van der Waals surface area contributed by atoms with Crippen LogP contribution in [0.3, 0.4) is 0 Å². The fourth-order valence-corrected chi connectivity index (χ4v) is 2.80. The number of hydrogen-bond acceptors (Lipinski definition) is 4. The van der Waals surface area contributed by atoms with Crippen LogP contribution in [0.5, 0.6) is 11.5 Å². The Labute approximate surface area is 143 Å². The maximum atomic E-state index is 12.6. The smallest absolute Gasteiger partial charge is 0.387 e. The first-order valence-corrected chi connectivity index (χ1v) is 7.80. The highest BCUT2D eigenvalue weighted by molar-refractivity contribution is 5.97. The molecule has 3 rings (SSSR count). The summed E-state index contributed by atoms with van der Waals surface area (Å²) < 4.78 is 34.8. The van der Waals surface area contributed by atoms with Crippen molar-refractivity contribution in [3.8, 4) is 11.5 Å². The Balaban J connectivity index is 1.75. The quantitative estimate of drug-likeness (QED) is 0.843. The minimum Gasteiger partial charge on any atom is -0.493 e. The van der Waals surface area contributed by atoms with E-state index < -0.39 is 12.5 Å². The molecule has 0 spiro atoms. The standard InChI is InChI=1S/C18H18F2N2O3/c1-24-15-4-2-3-14(16(15)25-18(19)20)17(23)22-8-11-5-6-12-9-21-10-13(12)7-11/h2-7,18,21H,8-10H2,1H3,(H,22,23). The minimum absolute atomic E-state index is 0.00229. The summed E-state index contributed by atoms with van der Waals surface area (Å²) in [6, 6.07) is 10.4. The number of nitrogens with one attached hydrogen (secondary N) is 2. The lowest BCUT2D eigenvalue weighted by atomic mass is 10.1. The SMILES string of the molecule is COc1cccc(C(=O)NCc2ccc3c(c2)CNC3)c1OC(F)F. The zero-order valence-corrected chi connectivity index (χ0v) is 13.6. The lowest BCUT2D eigenvalue weighted by molar-refractivity contribution is -0.0515. The van der Waals surface area contributed by atoms with Gasteiger partial charge in [-0.25, -0.2) is 0 Å². The number of fused-ring (bicyclic) bond motifs is 1. The summed E-state index contributed by atoms with van der Waals surface area (Å²) >= 11 is 0. The second-order valence-electron chi connectivity index (χ2n) is 5.60. The van der Waals surface area contributed by atoms with Crippen LogP contribution in [0.25, 0.3) is 0 Å². The van der Waals surface area contributed by atoms with E-state index in [4.69, 9.17) is 4.74 Å². The predicted molar refractivity (Wildman–Crippen MR) is 87.8 cm³/mol. The fourth-order valence-electron chi connectivity index (χ4n) is 2.80. The van der Waals surface area contributed by atoms with Crippen LogP contribution in [0, 0.1) is 0 Å². The third-order valence-electron chi connectivity index (χ3n) is 4.01. The lowest BCUT2D eigenvalue weighted by Crippen LogP contribution is -2.24. The Bertz CT molecular complexity index is 781. The number of amides is 1. The minimum atomic E-state index is -3.05. The van der Waals surface area contributed by atoms with Gasteiger partial charge in [0.25, 0.3) is 5.91 Å². The van der Waals surface area contributed by atoms with Crippen molar-refractivity contribution in [2.75, 3.05) is 7.11 Å². The molecule has 0 atom stereocenters. The molecular weight excluding hydrogens is 330 g/mol. The molecule has 2 aromatic rings. The number of halogens is 2. The van der Waals surface area contributed by atoms with E-state index in [1.165, 1.54) is 30.4 Å². The molecular formula is C18H18F2N2O3. The summed E-state index contributed by atoms with van der Waals surface area (Å²) in [5.74, 6) is -0.694. The molecule has 0 aliphatic carbocycles. The molecule has 2 aromatic carbocycles. The van der Waals surface area contributed by atoms with E-state index in [1.54, 1.807) is 6.07 Å². The molecule has 0 bridgehead atoms. The molecule has 7 heteroatoms. The maximum Gasteiger partial charge on any atom is 0.387 e. The molecule has 132 valence electrons.